The Morgan fingerprint density at radius 1 is 1.15 bits per heavy atom. The van der Waals surface area contributed by atoms with Crippen LogP contribution in [0.3, 0.4) is 0 Å². The molecule has 2 rings (SSSR count). The molecule has 1 aromatic heterocycles. The van der Waals surface area contributed by atoms with Gasteiger partial charge in [-0.25, -0.2) is 9.37 Å². The van der Waals surface area contributed by atoms with Gasteiger partial charge in [0.2, 0.25) is 0 Å². The number of rotatable bonds is 6. The standard InChI is InChI=1S/C20H28FN5.HI/c1-20(2,15-8-6-9-16(21)12-15)14-24-19(22-3)23-13-17-10-7-11-18(25-17)26(4)5;/h6-12H,13-14H2,1-5H3,(H2,22,23,24);1H. The zero-order valence-corrected chi connectivity index (χ0v) is 18.9. The molecule has 2 N–H and O–H groups in total. The number of aliphatic imine (C=N–C) groups is 1. The first-order chi connectivity index (χ1) is 12.3. The van der Waals surface area contributed by atoms with Crippen molar-refractivity contribution in [2.75, 3.05) is 32.6 Å². The van der Waals surface area contributed by atoms with E-state index in [1.54, 1.807) is 19.2 Å². The Balaban J connectivity index is 0.00000364. The molecule has 0 aliphatic heterocycles. The summed E-state index contributed by atoms with van der Waals surface area (Å²) in [5.41, 5.74) is 1.65. The van der Waals surface area contributed by atoms with Crippen molar-refractivity contribution in [1.82, 2.24) is 15.6 Å². The normalized spacial score (nSPS) is 11.6. The lowest BCUT2D eigenvalue weighted by atomic mass is 9.84. The molecule has 0 atom stereocenters. The number of hydrogen-bond donors (Lipinski definition) is 2. The van der Waals surface area contributed by atoms with Crippen LogP contribution >= 0.6 is 24.0 Å². The second-order valence-electron chi connectivity index (χ2n) is 7.06. The minimum atomic E-state index is -0.233. The van der Waals surface area contributed by atoms with Crippen LogP contribution in [0.25, 0.3) is 0 Å². The number of guanidine groups is 1. The van der Waals surface area contributed by atoms with Crippen LogP contribution in [0.5, 0.6) is 0 Å². The van der Waals surface area contributed by atoms with Gasteiger partial charge in [0.15, 0.2) is 5.96 Å². The summed E-state index contributed by atoms with van der Waals surface area (Å²) in [5, 5.41) is 6.58. The number of nitrogens with one attached hydrogen (secondary N) is 2. The Morgan fingerprint density at radius 3 is 2.48 bits per heavy atom. The highest BCUT2D eigenvalue weighted by atomic mass is 127. The highest BCUT2D eigenvalue weighted by molar-refractivity contribution is 14.0. The summed E-state index contributed by atoms with van der Waals surface area (Å²) in [7, 11) is 5.66. The van der Waals surface area contributed by atoms with Crippen molar-refractivity contribution in [2.24, 2.45) is 4.99 Å². The van der Waals surface area contributed by atoms with Crippen molar-refractivity contribution in [3.8, 4) is 0 Å². The molecule has 2 aromatic rings. The van der Waals surface area contributed by atoms with E-state index in [9.17, 15) is 4.39 Å². The van der Waals surface area contributed by atoms with Crippen LogP contribution in [0, 0.1) is 5.82 Å². The van der Waals surface area contributed by atoms with Gasteiger partial charge >= 0.3 is 0 Å². The van der Waals surface area contributed by atoms with Gasteiger partial charge in [-0.15, -0.1) is 24.0 Å². The van der Waals surface area contributed by atoms with E-state index in [0.29, 0.717) is 19.0 Å². The average Bonchev–Trinajstić information content (AvgIpc) is 2.62. The molecule has 148 valence electrons. The predicted molar refractivity (Wildman–Crippen MR) is 122 cm³/mol. The first-order valence-corrected chi connectivity index (χ1v) is 8.65. The number of halogens is 2. The molecule has 0 fully saturated rings. The molecule has 1 aromatic carbocycles. The Labute approximate surface area is 178 Å². The molecular weight excluding hydrogens is 456 g/mol. The fraction of sp³-hybridized carbons (Fsp3) is 0.400. The van der Waals surface area contributed by atoms with Gasteiger partial charge in [0.1, 0.15) is 11.6 Å². The predicted octanol–water partition coefficient (Wildman–Crippen LogP) is 3.55. The smallest absolute Gasteiger partial charge is 0.191 e. The van der Waals surface area contributed by atoms with Crippen molar-refractivity contribution in [1.29, 1.82) is 0 Å². The second-order valence-corrected chi connectivity index (χ2v) is 7.06. The third-order valence-corrected chi connectivity index (χ3v) is 4.21. The maximum absolute atomic E-state index is 13.5. The number of pyridine rings is 1. The van der Waals surface area contributed by atoms with Gasteiger partial charge in [0, 0.05) is 33.1 Å². The van der Waals surface area contributed by atoms with E-state index in [-0.39, 0.29) is 35.2 Å². The van der Waals surface area contributed by atoms with E-state index in [1.807, 2.05) is 43.3 Å². The first kappa shape index (κ1) is 23.1. The van der Waals surface area contributed by atoms with Gasteiger partial charge < -0.3 is 15.5 Å². The topological polar surface area (TPSA) is 52.6 Å². The van der Waals surface area contributed by atoms with E-state index in [0.717, 1.165) is 17.1 Å². The van der Waals surface area contributed by atoms with Gasteiger partial charge in [0.25, 0.3) is 0 Å². The summed E-state index contributed by atoms with van der Waals surface area (Å²) in [4.78, 5) is 10.8. The highest BCUT2D eigenvalue weighted by Crippen LogP contribution is 2.22. The van der Waals surface area contributed by atoms with E-state index in [4.69, 9.17) is 0 Å². The molecule has 0 aliphatic carbocycles. The quantitative estimate of drug-likeness (QED) is 0.374. The average molecular weight is 485 g/mol. The van der Waals surface area contributed by atoms with Gasteiger partial charge in [-0.2, -0.15) is 0 Å². The minimum Gasteiger partial charge on any atom is -0.363 e. The summed E-state index contributed by atoms with van der Waals surface area (Å²) in [6.45, 7) is 5.34. The minimum absolute atomic E-state index is 0. The largest absolute Gasteiger partial charge is 0.363 e. The van der Waals surface area contributed by atoms with Gasteiger partial charge in [-0.05, 0) is 29.8 Å². The molecule has 0 unspecified atom stereocenters. The van der Waals surface area contributed by atoms with Crippen LogP contribution < -0.4 is 15.5 Å². The molecule has 0 bridgehead atoms. The first-order valence-electron chi connectivity index (χ1n) is 8.65. The molecule has 0 amide bonds. The lowest BCUT2D eigenvalue weighted by Crippen LogP contribution is -2.43. The fourth-order valence-corrected chi connectivity index (χ4v) is 2.53. The van der Waals surface area contributed by atoms with E-state index in [2.05, 4.69) is 34.5 Å². The zero-order chi connectivity index (χ0) is 19.2. The van der Waals surface area contributed by atoms with Crippen molar-refractivity contribution < 1.29 is 4.39 Å². The van der Waals surface area contributed by atoms with E-state index < -0.39 is 0 Å². The number of nitrogens with zero attached hydrogens (tertiary/aromatic N) is 3. The van der Waals surface area contributed by atoms with Crippen LogP contribution in [0.15, 0.2) is 47.5 Å². The fourth-order valence-electron chi connectivity index (χ4n) is 2.53. The Bertz CT molecular complexity index is 762. The van der Waals surface area contributed by atoms with Crippen LogP contribution in [0.1, 0.15) is 25.1 Å². The van der Waals surface area contributed by atoms with Crippen LogP contribution in [0.2, 0.25) is 0 Å². The van der Waals surface area contributed by atoms with Crippen molar-refractivity contribution in [2.45, 2.75) is 25.8 Å². The highest BCUT2D eigenvalue weighted by Gasteiger charge is 2.21. The third-order valence-electron chi connectivity index (χ3n) is 4.21. The maximum Gasteiger partial charge on any atom is 0.191 e. The summed E-state index contributed by atoms with van der Waals surface area (Å²) in [6, 6.07) is 12.7. The molecule has 0 aliphatic rings. The second kappa shape index (κ2) is 10.4. The summed E-state index contributed by atoms with van der Waals surface area (Å²) in [6.07, 6.45) is 0. The monoisotopic (exact) mass is 485 g/mol. The number of anilines is 1. The molecule has 0 spiro atoms. The molecule has 0 saturated heterocycles. The lowest BCUT2D eigenvalue weighted by Gasteiger charge is -2.27. The van der Waals surface area contributed by atoms with E-state index >= 15 is 0 Å². The van der Waals surface area contributed by atoms with Crippen LogP contribution in [0.4, 0.5) is 10.2 Å². The van der Waals surface area contributed by atoms with Gasteiger partial charge in [0.05, 0.1) is 12.2 Å². The number of aromatic nitrogens is 1. The van der Waals surface area contributed by atoms with Gasteiger partial charge in [-0.1, -0.05) is 32.0 Å². The molecule has 5 nitrogen and oxygen atoms in total. The zero-order valence-electron chi connectivity index (χ0n) is 16.6. The summed E-state index contributed by atoms with van der Waals surface area (Å²) >= 11 is 0. The van der Waals surface area contributed by atoms with Gasteiger partial charge in [-0.3, -0.25) is 4.99 Å². The van der Waals surface area contributed by atoms with Crippen molar-refractivity contribution >= 4 is 35.8 Å². The lowest BCUT2D eigenvalue weighted by molar-refractivity contribution is 0.503. The molecule has 0 saturated carbocycles. The molecule has 1 heterocycles. The van der Waals surface area contributed by atoms with Crippen LogP contribution in [-0.4, -0.2) is 38.6 Å². The Morgan fingerprint density at radius 2 is 1.85 bits per heavy atom. The van der Waals surface area contributed by atoms with E-state index in [1.165, 1.54) is 6.07 Å². The SMILES string of the molecule is CN=C(NCc1cccc(N(C)C)n1)NCC(C)(C)c1cccc(F)c1.I. The molecule has 27 heavy (non-hydrogen) atoms. The summed E-state index contributed by atoms with van der Waals surface area (Å²) in [5.74, 6) is 1.39. The van der Waals surface area contributed by atoms with Crippen molar-refractivity contribution in [3.05, 3.63) is 59.5 Å². The van der Waals surface area contributed by atoms with Crippen molar-refractivity contribution in [3.63, 3.8) is 0 Å². The number of hydrogen-bond acceptors (Lipinski definition) is 3. The summed E-state index contributed by atoms with van der Waals surface area (Å²) < 4.78 is 13.5. The Hall–Kier alpha value is -1.90. The maximum atomic E-state index is 13.5. The number of benzene rings is 1. The van der Waals surface area contributed by atoms with Crippen LogP contribution in [-0.2, 0) is 12.0 Å². The molecule has 7 heteroatoms. The third kappa shape index (κ3) is 6.97. The molecule has 0 radical (unpaired) electrons. The molecular formula is C20H29FIN5. The Kier molecular flexibility index (Phi) is 8.95.